The predicted molar refractivity (Wildman–Crippen MR) is 55.8 cm³/mol. The van der Waals surface area contributed by atoms with Gasteiger partial charge in [-0.25, -0.2) is 4.79 Å². The van der Waals surface area contributed by atoms with E-state index in [2.05, 4.69) is 20.8 Å². The number of hydrogen-bond donors (Lipinski definition) is 0. The molecule has 0 aromatic rings. The molecule has 0 saturated heterocycles. The first-order valence-corrected chi connectivity index (χ1v) is 4.60. The van der Waals surface area contributed by atoms with Gasteiger partial charge in [-0.05, 0) is 13.8 Å². The van der Waals surface area contributed by atoms with E-state index in [4.69, 9.17) is 5.53 Å². The van der Waals surface area contributed by atoms with Gasteiger partial charge in [-0.15, -0.1) is 4.79 Å². The first-order valence-electron chi connectivity index (χ1n) is 4.60. The van der Waals surface area contributed by atoms with E-state index in [1.165, 1.54) is 13.8 Å². The third-order valence-corrected chi connectivity index (χ3v) is 1.41. The number of ether oxygens (including phenoxy) is 2. The van der Waals surface area contributed by atoms with Crippen molar-refractivity contribution < 1.29 is 28.6 Å². The summed E-state index contributed by atoms with van der Waals surface area (Å²) in [5.41, 5.74) is 8.62. The molecule has 7 heteroatoms. The van der Waals surface area contributed by atoms with Gasteiger partial charge in [0.05, 0.1) is 0 Å². The predicted octanol–water partition coefficient (Wildman–Crippen LogP) is 0.256. The monoisotopic (exact) mass is 240 g/mol. The highest BCUT2D eigenvalue weighted by Crippen LogP contribution is 1.94. The molecule has 7 nitrogen and oxygen atoms in total. The number of hydrogen-bond acceptors (Lipinski definition) is 5. The standard InChI is InChI=1S/C10H12N2O5/c1-6(2)10(15)16-5-8(12-11)17-9(14)4-7(3)13/h1,4-5H2,2-3H3. The summed E-state index contributed by atoms with van der Waals surface area (Å²) in [4.78, 5) is 35.2. The molecule has 0 aliphatic rings. The van der Waals surface area contributed by atoms with Crippen LogP contribution in [-0.4, -0.2) is 35.0 Å². The van der Waals surface area contributed by atoms with Crippen LogP contribution in [0.5, 0.6) is 0 Å². The van der Waals surface area contributed by atoms with Crippen molar-refractivity contribution in [2.75, 3.05) is 6.61 Å². The average molecular weight is 240 g/mol. The first kappa shape index (κ1) is 14.7. The number of esters is 2. The fourth-order valence-electron chi connectivity index (χ4n) is 0.700. The van der Waals surface area contributed by atoms with Crippen molar-refractivity contribution in [3.63, 3.8) is 0 Å². The number of rotatable bonds is 5. The van der Waals surface area contributed by atoms with Crippen LogP contribution >= 0.6 is 0 Å². The normalized spacial score (nSPS) is 8.82. The quantitative estimate of drug-likeness (QED) is 0.130. The Morgan fingerprint density at radius 1 is 1.29 bits per heavy atom. The molecule has 92 valence electrons. The fraction of sp³-hybridized carbons (Fsp3) is 0.400. The summed E-state index contributed by atoms with van der Waals surface area (Å²) in [6.45, 7) is 5.44. The van der Waals surface area contributed by atoms with E-state index in [9.17, 15) is 14.4 Å². The zero-order valence-corrected chi connectivity index (χ0v) is 9.56. The van der Waals surface area contributed by atoms with Crippen LogP contribution in [0.2, 0.25) is 0 Å². The van der Waals surface area contributed by atoms with Crippen molar-refractivity contribution in [1.82, 2.24) is 0 Å². The number of carbonyl (C=O) groups excluding carboxylic acids is 3. The Bertz CT molecular complexity index is 407. The number of ketones is 1. The highest BCUT2D eigenvalue weighted by Gasteiger charge is 2.19. The lowest BCUT2D eigenvalue weighted by Gasteiger charge is -2.01. The van der Waals surface area contributed by atoms with E-state index in [0.717, 1.165) is 0 Å². The molecule has 0 bridgehead atoms. The van der Waals surface area contributed by atoms with Gasteiger partial charge in [-0.3, -0.25) is 9.59 Å². The Hall–Kier alpha value is -2.27. The SMILES string of the molecule is C=C(C)C(=O)OCC(=[N+]=[N-])OC(=O)CC(C)=O. The Morgan fingerprint density at radius 2 is 1.88 bits per heavy atom. The molecule has 0 aliphatic heterocycles. The Kier molecular flexibility index (Phi) is 6.13. The van der Waals surface area contributed by atoms with Crippen LogP contribution in [-0.2, 0) is 23.9 Å². The third-order valence-electron chi connectivity index (χ3n) is 1.41. The maximum atomic E-state index is 11.0. The van der Waals surface area contributed by atoms with Gasteiger partial charge in [0, 0.05) is 5.57 Å². The van der Waals surface area contributed by atoms with Gasteiger partial charge in [0.25, 0.3) is 0 Å². The summed E-state index contributed by atoms with van der Waals surface area (Å²) < 4.78 is 9.04. The number of nitrogens with zero attached hydrogens (tertiary/aromatic N) is 2. The summed E-state index contributed by atoms with van der Waals surface area (Å²) in [6, 6.07) is 0. The molecule has 0 heterocycles. The molecular formula is C10H12N2O5. The van der Waals surface area contributed by atoms with Gasteiger partial charge in [0.2, 0.25) is 6.61 Å². The zero-order chi connectivity index (χ0) is 13.4. The minimum Gasteiger partial charge on any atom is -0.446 e. The van der Waals surface area contributed by atoms with Gasteiger partial charge >= 0.3 is 17.8 Å². The van der Waals surface area contributed by atoms with Crippen LogP contribution in [0.4, 0.5) is 0 Å². The molecule has 0 aromatic carbocycles. The molecular weight excluding hydrogens is 228 g/mol. The van der Waals surface area contributed by atoms with Crippen LogP contribution in [0.1, 0.15) is 20.3 Å². The van der Waals surface area contributed by atoms with E-state index in [0.29, 0.717) is 0 Å². The van der Waals surface area contributed by atoms with Crippen molar-refractivity contribution >= 4 is 23.6 Å². The van der Waals surface area contributed by atoms with E-state index in [-0.39, 0.29) is 5.57 Å². The number of Topliss-reactive ketones (excluding diaryl/α,β-unsaturated/α-hetero) is 1. The highest BCUT2D eigenvalue weighted by molar-refractivity contribution is 5.98. The molecule has 0 N–H and O–H groups in total. The molecule has 0 spiro atoms. The second-order valence-corrected chi connectivity index (χ2v) is 3.20. The van der Waals surface area contributed by atoms with E-state index in [1.807, 2.05) is 0 Å². The van der Waals surface area contributed by atoms with Crippen LogP contribution in [0.25, 0.3) is 5.53 Å². The van der Waals surface area contributed by atoms with Crippen molar-refractivity contribution in [1.29, 1.82) is 0 Å². The van der Waals surface area contributed by atoms with E-state index >= 15 is 0 Å². The second kappa shape index (κ2) is 7.08. The third kappa shape index (κ3) is 6.75. The van der Waals surface area contributed by atoms with Gasteiger partial charge in [0.1, 0.15) is 12.2 Å². The maximum Gasteiger partial charge on any atom is 0.495 e. The summed E-state index contributed by atoms with van der Waals surface area (Å²) in [6.07, 6.45) is -0.451. The van der Waals surface area contributed by atoms with Crippen LogP contribution in [0.15, 0.2) is 12.2 Å². The Morgan fingerprint density at radius 3 is 2.29 bits per heavy atom. The van der Waals surface area contributed by atoms with Crippen molar-refractivity contribution in [2.45, 2.75) is 20.3 Å². The Balaban J connectivity index is 4.24. The minimum absolute atomic E-state index is 0.150. The molecule has 0 aliphatic carbocycles. The molecule has 0 atom stereocenters. The summed E-state index contributed by atoms with van der Waals surface area (Å²) in [7, 11) is 0. The smallest absolute Gasteiger partial charge is 0.446 e. The summed E-state index contributed by atoms with van der Waals surface area (Å²) >= 11 is 0. The summed E-state index contributed by atoms with van der Waals surface area (Å²) in [5, 5.41) is 0. The van der Waals surface area contributed by atoms with Crippen LogP contribution in [0.3, 0.4) is 0 Å². The molecule has 0 saturated carbocycles. The van der Waals surface area contributed by atoms with Gasteiger partial charge < -0.3 is 15.0 Å². The Labute approximate surface area is 97.6 Å². The fourth-order valence-corrected chi connectivity index (χ4v) is 0.700. The molecule has 0 aromatic heterocycles. The van der Waals surface area contributed by atoms with Crippen LogP contribution < -0.4 is 0 Å². The summed E-state index contributed by atoms with van der Waals surface area (Å²) in [5.74, 6) is -2.51. The van der Waals surface area contributed by atoms with Gasteiger partial charge in [-0.1, -0.05) is 6.58 Å². The largest absolute Gasteiger partial charge is 0.495 e. The zero-order valence-electron chi connectivity index (χ0n) is 9.56. The molecule has 0 radical (unpaired) electrons. The van der Waals surface area contributed by atoms with Gasteiger partial charge in [0.15, 0.2) is 0 Å². The first-order chi connectivity index (χ1) is 7.86. The van der Waals surface area contributed by atoms with Gasteiger partial charge in [-0.2, -0.15) is 0 Å². The minimum atomic E-state index is -0.892. The van der Waals surface area contributed by atoms with Crippen molar-refractivity contribution in [2.24, 2.45) is 0 Å². The maximum absolute atomic E-state index is 11.0. The van der Waals surface area contributed by atoms with E-state index < -0.39 is 36.6 Å². The second-order valence-electron chi connectivity index (χ2n) is 3.20. The van der Waals surface area contributed by atoms with Crippen LogP contribution in [0, 0.1) is 0 Å². The average Bonchev–Trinajstić information content (AvgIpc) is 2.22. The lowest BCUT2D eigenvalue weighted by molar-refractivity contribution is -0.147. The van der Waals surface area contributed by atoms with E-state index in [1.54, 1.807) is 0 Å². The number of carbonyl (C=O) groups is 3. The molecule has 0 rings (SSSR count). The highest BCUT2D eigenvalue weighted by atomic mass is 16.6. The van der Waals surface area contributed by atoms with Crippen molar-refractivity contribution in [3.8, 4) is 0 Å². The lowest BCUT2D eigenvalue weighted by Crippen LogP contribution is -2.22. The lowest BCUT2D eigenvalue weighted by atomic mass is 10.3. The molecule has 17 heavy (non-hydrogen) atoms. The molecule has 0 fully saturated rings. The molecule has 0 amide bonds. The molecule has 0 unspecified atom stereocenters. The topological polar surface area (TPSA) is 106 Å². The van der Waals surface area contributed by atoms with Crippen molar-refractivity contribution in [3.05, 3.63) is 17.7 Å².